The molecule has 1 aromatic rings. The van der Waals surface area contributed by atoms with Crippen LogP contribution in [-0.2, 0) is 16.1 Å². The molecule has 2 aliphatic rings. The van der Waals surface area contributed by atoms with Crippen molar-refractivity contribution in [1.82, 2.24) is 20.4 Å². The largest absolute Gasteiger partial charge is 0.340 e. The average molecular weight is 274 g/mol. The highest BCUT2D eigenvalue weighted by Crippen LogP contribution is 2.32. The molecule has 6 heteroatoms. The summed E-state index contributed by atoms with van der Waals surface area (Å²) in [7, 11) is 0. The zero-order valence-corrected chi connectivity index (χ0v) is 11.3. The Morgan fingerprint density at radius 3 is 2.75 bits per heavy atom. The van der Waals surface area contributed by atoms with E-state index in [1.807, 2.05) is 6.07 Å². The predicted octanol–water partition coefficient (Wildman–Crippen LogP) is 0.638. The number of nitrogens with zero attached hydrogens (tertiary/aromatic N) is 3. The third kappa shape index (κ3) is 2.37. The van der Waals surface area contributed by atoms with E-state index in [1.54, 1.807) is 17.2 Å². The molecular formula is C14H18N4O2. The Morgan fingerprint density at radius 2 is 2.05 bits per heavy atom. The van der Waals surface area contributed by atoms with Crippen molar-refractivity contribution in [2.24, 2.45) is 0 Å². The van der Waals surface area contributed by atoms with Gasteiger partial charge in [0.1, 0.15) is 12.1 Å². The molecular weight excluding hydrogens is 256 g/mol. The zero-order chi connectivity index (χ0) is 14.0. The highest BCUT2D eigenvalue weighted by molar-refractivity contribution is 5.98. The van der Waals surface area contributed by atoms with Gasteiger partial charge in [-0.15, -0.1) is 0 Å². The quantitative estimate of drug-likeness (QED) is 0.858. The smallest absolute Gasteiger partial charge is 0.249 e. The molecule has 3 rings (SSSR count). The van der Waals surface area contributed by atoms with Gasteiger partial charge in [-0.1, -0.05) is 19.3 Å². The molecule has 1 aliphatic carbocycles. The Balaban J connectivity index is 1.80. The van der Waals surface area contributed by atoms with Crippen LogP contribution >= 0.6 is 0 Å². The van der Waals surface area contributed by atoms with Crippen molar-refractivity contribution < 1.29 is 9.59 Å². The van der Waals surface area contributed by atoms with E-state index in [2.05, 4.69) is 15.5 Å². The standard InChI is InChI=1S/C14H18N4O2/c19-12-10-18(9-11-5-4-8-15-17-11)13(20)14(16-12)6-2-1-3-7-14/h4-5,8H,1-3,6-7,9-10H2,(H,16,19). The lowest BCUT2D eigenvalue weighted by Gasteiger charge is -2.44. The van der Waals surface area contributed by atoms with Crippen LogP contribution in [0.3, 0.4) is 0 Å². The van der Waals surface area contributed by atoms with E-state index in [-0.39, 0.29) is 18.4 Å². The molecule has 2 amide bonds. The molecule has 0 aromatic carbocycles. The number of nitrogens with one attached hydrogen (secondary N) is 1. The fourth-order valence-corrected chi connectivity index (χ4v) is 3.14. The van der Waals surface area contributed by atoms with Crippen LogP contribution < -0.4 is 5.32 Å². The highest BCUT2D eigenvalue weighted by atomic mass is 16.2. The van der Waals surface area contributed by atoms with Gasteiger partial charge >= 0.3 is 0 Å². The van der Waals surface area contributed by atoms with E-state index >= 15 is 0 Å². The van der Waals surface area contributed by atoms with E-state index in [0.29, 0.717) is 12.2 Å². The van der Waals surface area contributed by atoms with E-state index in [1.165, 1.54) is 0 Å². The van der Waals surface area contributed by atoms with Crippen LogP contribution in [0.2, 0.25) is 0 Å². The van der Waals surface area contributed by atoms with Crippen LogP contribution in [0.15, 0.2) is 18.3 Å². The van der Waals surface area contributed by atoms with Gasteiger partial charge in [0.05, 0.1) is 12.2 Å². The molecule has 2 heterocycles. The van der Waals surface area contributed by atoms with Crippen molar-refractivity contribution in [3.8, 4) is 0 Å². The first-order chi connectivity index (χ1) is 9.70. The summed E-state index contributed by atoms with van der Waals surface area (Å²) < 4.78 is 0. The number of aromatic nitrogens is 2. The number of piperazine rings is 1. The van der Waals surface area contributed by atoms with Gasteiger partial charge in [0.25, 0.3) is 0 Å². The lowest BCUT2D eigenvalue weighted by molar-refractivity contribution is -0.152. The lowest BCUT2D eigenvalue weighted by atomic mass is 9.79. The van der Waals surface area contributed by atoms with Crippen molar-refractivity contribution in [1.29, 1.82) is 0 Å². The molecule has 1 spiro atoms. The van der Waals surface area contributed by atoms with Crippen LogP contribution in [0.4, 0.5) is 0 Å². The minimum absolute atomic E-state index is 0.0300. The van der Waals surface area contributed by atoms with Gasteiger partial charge in [-0.2, -0.15) is 10.2 Å². The number of hydrogen-bond donors (Lipinski definition) is 1. The summed E-state index contributed by atoms with van der Waals surface area (Å²) in [6, 6.07) is 3.60. The Labute approximate surface area is 117 Å². The summed E-state index contributed by atoms with van der Waals surface area (Å²) in [5.41, 5.74) is 0.0389. The second kappa shape index (κ2) is 5.19. The molecule has 1 aromatic heterocycles. The molecule has 1 aliphatic heterocycles. The lowest BCUT2D eigenvalue weighted by Crippen LogP contribution is -2.66. The van der Waals surface area contributed by atoms with Gasteiger partial charge in [-0.25, -0.2) is 0 Å². The SMILES string of the molecule is O=C1CN(Cc2cccnn2)C(=O)C2(CCCCC2)N1. The van der Waals surface area contributed by atoms with E-state index < -0.39 is 5.54 Å². The maximum absolute atomic E-state index is 12.7. The van der Waals surface area contributed by atoms with Crippen molar-refractivity contribution in [2.75, 3.05) is 6.54 Å². The number of carbonyl (C=O) groups is 2. The maximum atomic E-state index is 12.7. The second-order valence-electron chi connectivity index (χ2n) is 5.57. The van der Waals surface area contributed by atoms with Crippen molar-refractivity contribution >= 4 is 11.8 Å². The molecule has 6 nitrogen and oxygen atoms in total. The van der Waals surface area contributed by atoms with Crippen LogP contribution in [0.25, 0.3) is 0 Å². The van der Waals surface area contributed by atoms with Gasteiger partial charge in [0.15, 0.2) is 0 Å². The number of rotatable bonds is 2. The summed E-state index contributed by atoms with van der Waals surface area (Å²) in [5.74, 6) is -0.0437. The summed E-state index contributed by atoms with van der Waals surface area (Å²) in [6.45, 7) is 0.457. The number of amides is 2. The topological polar surface area (TPSA) is 75.2 Å². The molecule has 20 heavy (non-hydrogen) atoms. The highest BCUT2D eigenvalue weighted by Gasteiger charge is 2.46. The van der Waals surface area contributed by atoms with E-state index in [4.69, 9.17) is 0 Å². The van der Waals surface area contributed by atoms with Crippen molar-refractivity contribution in [3.05, 3.63) is 24.0 Å². The minimum atomic E-state index is -0.671. The van der Waals surface area contributed by atoms with Crippen LogP contribution in [0.5, 0.6) is 0 Å². The third-order valence-corrected chi connectivity index (χ3v) is 4.10. The summed E-state index contributed by atoms with van der Waals surface area (Å²) >= 11 is 0. The van der Waals surface area contributed by atoms with Crippen LogP contribution in [0, 0.1) is 0 Å². The first kappa shape index (κ1) is 13.0. The normalized spacial score (nSPS) is 21.9. The second-order valence-corrected chi connectivity index (χ2v) is 5.57. The van der Waals surface area contributed by atoms with Crippen molar-refractivity contribution in [2.45, 2.75) is 44.2 Å². The first-order valence-corrected chi connectivity index (χ1v) is 7.07. The Hall–Kier alpha value is -1.98. The molecule has 0 atom stereocenters. The molecule has 106 valence electrons. The number of hydrogen-bond acceptors (Lipinski definition) is 4. The fourth-order valence-electron chi connectivity index (χ4n) is 3.14. The van der Waals surface area contributed by atoms with Gasteiger partial charge in [0.2, 0.25) is 11.8 Å². The Kier molecular flexibility index (Phi) is 3.38. The molecule has 2 fully saturated rings. The predicted molar refractivity (Wildman–Crippen MR) is 71.4 cm³/mol. The Bertz CT molecular complexity index is 511. The molecule has 1 saturated heterocycles. The molecule has 0 unspecified atom stereocenters. The number of carbonyl (C=O) groups excluding carboxylic acids is 2. The molecule has 1 saturated carbocycles. The molecule has 1 N–H and O–H groups in total. The first-order valence-electron chi connectivity index (χ1n) is 7.07. The third-order valence-electron chi connectivity index (χ3n) is 4.10. The summed E-state index contributed by atoms with van der Waals surface area (Å²) in [6.07, 6.45) is 6.20. The van der Waals surface area contributed by atoms with Gasteiger partial charge < -0.3 is 10.2 Å². The Morgan fingerprint density at radius 1 is 1.25 bits per heavy atom. The van der Waals surface area contributed by atoms with Gasteiger partial charge in [0, 0.05) is 6.20 Å². The maximum Gasteiger partial charge on any atom is 0.249 e. The zero-order valence-electron chi connectivity index (χ0n) is 11.3. The van der Waals surface area contributed by atoms with E-state index in [0.717, 1.165) is 32.1 Å². The average Bonchev–Trinajstić information content (AvgIpc) is 2.46. The van der Waals surface area contributed by atoms with Crippen LogP contribution in [0.1, 0.15) is 37.8 Å². The summed E-state index contributed by atoms with van der Waals surface area (Å²) in [4.78, 5) is 26.3. The van der Waals surface area contributed by atoms with Gasteiger partial charge in [-0.05, 0) is 25.0 Å². The fraction of sp³-hybridized carbons (Fsp3) is 0.571. The summed E-state index contributed by atoms with van der Waals surface area (Å²) in [5, 5.41) is 10.7. The minimum Gasteiger partial charge on any atom is -0.340 e. The van der Waals surface area contributed by atoms with Gasteiger partial charge in [-0.3, -0.25) is 9.59 Å². The molecule has 0 bridgehead atoms. The monoisotopic (exact) mass is 274 g/mol. The van der Waals surface area contributed by atoms with E-state index in [9.17, 15) is 9.59 Å². The van der Waals surface area contributed by atoms with Crippen molar-refractivity contribution in [3.63, 3.8) is 0 Å². The van der Waals surface area contributed by atoms with Crippen LogP contribution in [-0.4, -0.2) is 39.0 Å². The molecule has 0 radical (unpaired) electrons.